The highest BCUT2D eigenvalue weighted by atomic mass is 32.1. The summed E-state index contributed by atoms with van der Waals surface area (Å²) in [6.45, 7) is 0. The molecule has 1 rings (SSSR count). The van der Waals surface area contributed by atoms with Crippen LogP contribution in [-0.2, 0) is 0 Å². The lowest BCUT2D eigenvalue weighted by atomic mass is 10.1. The maximum absolute atomic E-state index is 13.0. The number of carboxylic acids is 1. The van der Waals surface area contributed by atoms with E-state index in [9.17, 15) is 19.4 Å². The van der Waals surface area contributed by atoms with Crippen molar-refractivity contribution in [2.45, 2.75) is 12.2 Å². The molecule has 0 radical (unpaired) electrons. The molecule has 0 aliphatic rings. The zero-order valence-corrected chi connectivity index (χ0v) is 8.93. The number of carbonyl (C=O) groups is 1. The third-order valence-corrected chi connectivity index (χ3v) is 2.34. The Kier molecular flexibility index (Phi) is 4.22. The first kappa shape index (κ1) is 12.9. The van der Waals surface area contributed by atoms with Crippen LogP contribution in [0, 0.1) is 5.82 Å². The maximum Gasteiger partial charge on any atom is 0.338 e. The van der Waals surface area contributed by atoms with E-state index in [1.807, 2.05) is 0 Å². The topological polar surface area (TPSA) is 90.7 Å². The zero-order valence-electron chi connectivity index (χ0n) is 8.04. The first-order valence-corrected chi connectivity index (χ1v) is 4.96. The van der Waals surface area contributed by atoms with Crippen LogP contribution in [0.4, 0.5) is 4.39 Å². The molecular weight excluding hydrogens is 237 g/mol. The van der Waals surface area contributed by atoms with Crippen molar-refractivity contribution in [2.75, 3.05) is 5.75 Å². The van der Waals surface area contributed by atoms with Gasteiger partial charge in [-0.15, -0.1) is 0 Å². The number of hydrogen-bond donors (Lipinski definition) is 4. The van der Waals surface area contributed by atoms with Crippen LogP contribution >= 0.6 is 12.6 Å². The molecule has 0 saturated carbocycles. The van der Waals surface area contributed by atoms with E-state index in [2.05, 4.69) is 17.6 Å². The van der Waals surface area contributed by atoms with Gasteiger partial charge in [-0.2, -0.15) is 12.6 Å². The van der Waals surface area contributed by atoms with Gasteiger partial charge in [0.1, 0.15) is 6.10 Å². The molecule has 3 N–H and O–H groups in total. The lowest BCUT2D eigenvalue weighted by Gasteiger charge is -2.15. The Labute approximate surface area is 96.0 Å². The summed E-state index contributed by atoms with van der Waals surface area (Å²) < 4.78 is 13.0. The molecule has 0 aliphatic carbocycles. The summed E-state index contributed by atoms with van der Waals surface area (Å²) in [6.07, 6.45) is -1.90. The van der Waals surface area contributed by atoms with Crippen LogP contribution in [0.15, 0.2) is 12.3 Å². The molecular formula is C9H10FNO4S. The van der Waals surface area contributed by atoms with Crippen molar-refractivity contribution in [1.82, 2.24) is 4.98 Å². The molecule has 2 atom stereocenters. The van der Waals surface area contributed by atoms with Crippen molar-refractivity contribution in [2.24, 2.45) is 0 Å². The molecule has 0 aromatic carbocycles. The number of carboxylic acid groups (broad SMARTS) is 1. The molecule has 0 amide bonds. The van der Waals surface area contributed by atoms with Gasteiger partial charge in [-0.3, -0.25) is 4.98 Å². The van der Waals surface area contributed by atoms with Crippen molar-refractivity contribution in [3.8, 4) is 0 Å². The molecule has 1 aromatic heterocycles. The molecule has 16 heavy (non-hydrogen) atoms. The van der Waals surface area contributed by atoms with Gasteiger partial charge in [0, 0.05) is 5.75 Å². The van der Waals surface area contributed by atoms with Crippen LogP contribution in [0.5, 0.6) is 0 Å². The van der Waals surface area contributed by atoms with E-state index in [1.54, 1.807) is 0 Å². The van der Waals surface area contributed by atoms with Crippen LogP contribution in [0.1, 0.15) is 22.2 Å². The van der Waals surface area contributed by atoms with Crippen molar-refractivity contribution in [3.63, 3.8) is 0 Å². The van der Waals surface area contributed by atoms with Gasteiger partial charge < -0.3 is 15.3 Å². The summed E-state index contributed by atoms with van der Waals surface area (Å²) in [4.78, 5) is 14.1. The number of halogens is 1. The van der Waals surface area contributed by atoms with Crippen molar-refractivity contribution in [3.05, 3.63) is 29.3 Å². The first-order chi connectivity index (χ1) is 7.47. The van der Waals surface area contributed by atoms with Gasteiger partial charge in [-0.1, -0.05) is 0 Å². The number of rotatable bonds is 4. The Hall–Kier alpha value is -1.18. The largest absolute Gasteiger partial charge is 0.478 e. The van der Waals surface area contributed by atoms with Gasteiger partial charge in [0.2, 0.25) is 0 Å². The number of thiol groups is 1. The Morgan fingerprint density at radius 3 is 2.69 bits per heavy atom. The van der Waals surface area contributed by atoms with E-state index in [1.165, 1.54) is 0 Å². The van der Waals surface area contributed by atoms with E-state index < -0.39 is 29.6 Å². The number of aromatic nitrogens is 1. The Morgan fingerprint density at radius 1 is 1.56 bits per heavy atom. The molecule has 0 bridgehead atoms. The van der Waals surface area contributed by atoms with Gasteiger partial charge >= 0.3 is 5.97 Å². The second kappa shape index (κ2) is 5.24. The SMILES string of the molecule is O=C(O)c1cc(C(O)C(O)CS)ncc1F. The lowest BCUT2D eigenvalue weighted by Crippen LogP contribution is -2.21. The molecule has 0 aliphatic heterocycles. The van der Waals surface area contributed by atoms with Gasteiger partial charge in [0.05, 0.1) is 23.6 Å². The minimum absolute atomic E-state index is 0.0252. The highest BCUT2D eigenvalue weighted by Gasteiger charge is 2.21. The van der Waals surface area contributed by atoms with Crippen LogP contribution in [0.25, 0.3) is 0 Å². The Morgan fingerprint density at radius 2 is 2.19 bits per heavy atom. The van der Waals surface area contributed by atoms with Gasteiger partial charge in [0.25, 0.3) is 0 Å². The highest BCUT2D eigenvalue weighted by Crippen LogP contribution is 2.18. The van der Waals surface area contributed by atoms with Gasteiger partial charge in [-0.05, 0) is 6.07 Å². The molecule has 5 nitrogen and oxygen atoms in total. The standard InChI is InChI=1S/C9H10FNO4S/c10-5-2-11-6(1-4(5)9(14)15)8(13)7(12)3-16/h1-2,7-8,12-13,16H,3H2,(H,14,15). The van der Waals surface area contributed by atoms with Crippen molar-refractivity contribution < 1.29 is 24.5 Å². The predicted octanol–water partition coefficient (Wildman–Crippen LogP) is 0.243. The molecule has 7 heteroatoms. The summed E-state index contributed by atoms with van der Waals surface area (Å²) in [7, 11) is 0. The number of aromatic carboxylic acids is 1. The normalized spacial score (nSPS) is 14.5. The molecule has 2 unspecified atom stereocenters. The highest BCUT2D eigenvalue weighted by molar-refractivity contribution is 7.80. The fourth-order valence-electron chi connectivity index (χ4n) is 1.08. The summed E-state index contributed by atoms with van der Waals surface area (Å²) in [6, 6.07) is 0.884. The van der Waals surface area contributed by atoms with E-state index in [0.717, 1.165) is 6.07 Å². The molecule has 0 fully saturated rings. The van der Waals surface area contributed by atoms with Gasteiger partial charge in [0.15, 0.2) is 5.82 Å². The fourth-order valence-corrected chi connectivity index (χ4v) is 1.28. The number of hydrogen-bond acceptors (Lipinski definition) is 5. The average molecular weight is 247 g/mol. The predicted molar refractivity (Wildman–Crippen MR) is 56.0 cm³/mol. The molecule has 1 heterocycles. The van der Waals surface area contributed by atoms with Crippen molar-refractivity contribution >= 4 is 18.6 Å². The monoisotopic (exact) mass is 247 g/mol. The second-order valence-corrected chi connectivity index (χ2v) is 3.45. The van der Waals surface area contributed by atoms with E-state index in [4.69, 9.17) is 5.11 Å². The summed E-state index contributed by atoms with van der Waals surface area (Å²) >= 11 is 3.76. The molecule has 88 valence electrons. The van der Waals surface area contributed by atoms with Crippen molar-refractivity contribution in [1.29, 1.82) is 0 Å². The lowest BCUT2D eigenvalue weighted by molar-refractivity contribution is 0.0308. The van der Waals surface area contributed by atoms with Crippen LogP contribution < -0.4 is 0 Å². The third-order valence-electron chi connectivity index (χ3n) is 1.96. The molecule has 0 saturated heterocycles. The number of nitrogens with zero attached hydrogens (tertiary/aromatic N) is 1. The number of aliphatic hydroxyl groups excluding tert-OH is 2. The maximum atomic E-state index is 13.0. The quantitative estimate of drug-likeness (QED) is 0.572. The van der Waals surface area contributed by atoms with Crippen LogP contribution in [0.2, 0.25) is 0 Å². The van der Waals surface area contributed by atoms with Crippen LogP contribution in [0.3, 0.4) is 0 Å². The number of aliphatic hydroxyl groups is 2. The van der Waals surface area contributed by atoms with E-state index in [0.29, 0.717) is 6.20 Å². The minimum Gasteiger partial charge on any atom is -0.478 e. The fraction of sp³-hybridized carbons (Fsp3) is 0.333. The zero-order chi connectivity index (χ0) is 12.3. The molecule has 0 spiro atoms. The number of pyridine rings is 1. The van der Waals surface area contributed by atoms with Crippen LogP contribution in [-0.4, -0.2) is 38.1 Å². The minimum atomic E-state index is -1.46. The Balaban J connectivity index is 3.07. The van der Waals surface area contributed by atoms with Gasteiger partial charge in [-0.25, -0.2) is 9.18 Å². The third kappa shape index (κ3) is 2.69. The summed E-state index contributed by atoms with van der Waals surface area (Å²) in [5.41, 5.74) is -0.712. The van der Waals surface area contributed by atoms with E-state index in [-0.39, 0.29) is 11.4 Å². The smallest absolute Gasteiger partial charge is 0.338 e. The Bertz CT molecular complexity index is 401. The second-order valence-electron chi connectivity index (χ2n) is 3.09. The first-order valence-electron chi connectivity index (χ1n) is 4.33. The molecule has 1 aromatic rings. The summed E-state index contributed by atoms with van der Waals surface area (Å²) in [5, 5.41) is 27.4. The average Bonchev–Trinajstić information content (AvgIpc) is 2.27. The van der Waals surface area contributed by atoms with E-state index >= 15 is 0 Å². The summed E-state index contributed by atoms with van der Waals surface area (Å²) in [5.74, 6) is -2.49.